The van der Waals surface area contributed by atoms with Gasteiger partial charge in [-0.3, -0.25) is 4.90 Å². The molecule has 1 heterocycles. The SMILES string of the molecule is CCC(CSC)N(C)Cc1ccc(CN)o1. The molecule has 0 amide bonds. The molecular formula is C12H22N2OS. The number of hydrogen-bond acceptors (Lipinski definition) is 4. The Balaban J connectivity index is 2.51. The van der Waals surface area contributed by atoms with Crippen molar-refractivity contribution in [1.82, 2.24) is 4.90 Å². The summed E-state index contributed by atoms with van der Waals surface area (Å²) in [6.07, 6.45) is 3.32. The highest BCUT2D eigenvalue weighted by Crippen LogP contribution is 2.14. The van der Waals surface area contributed by atoms with Crippen LogP contribution in [0.2, 0.25) is 0 Å². The minimum atomic E-state index is 0.478. The fraction of sp³-hybridized carbons (Fsp3) is 0.667. The summed E-state index contributed by atoms with van der Waals surface area (Å²) in [6.45, 7) is 3.57. The van der Waals surface area contributed by atoms with Crippen molar-refractivity contribution in [2.45, 2.75) is 32.5 Å². The van der Waals surface area contributed by atoms with E-state index in [2.05, 4.69) is 25.1 Å². The van der Waals surface area contributed by atoms with Crippen LogP contribution in [-0.4, -0.2) is 30.0 Å². The molecule has 0 bridgehead atoms. The summed E-state index contributed by atoms with van der Waals surface area (Å²) in [6, 6.07) is 4.59. The third-order valence-corrected chi connectivity index (χ3v) is 3.50. The Morgan fingerprint density at radius 3 is 2.62 bits per heavy atom. The fourth-order valence-electron chi connectivity index (χ4n) is 1.74. The van der Waals surface area contributed by atoms with Gasteiger partial charge in [0.1, 0.15) is 11.5 Å². The van der Waals surface area contributed by atoms with Crippen molar-refractivity contribution in [3.63, 3.8) is 0 Å². The van der Waals surface area contributed by atoms with E-state index in [0.29, 0.717) is 12.6 Å². The predicted octanol–water partition coefficient (Wildman–Crippen LogP) is 2.31. The lowest BCUT2D eigenvalue weighted by atomic mass is 10.2. The predicted molar refractivity (Wildman–Crippen MR) is 70.5 cm³/mol. The van der Waals surface area contributed by atoms with Gasteiger partial charge in [-0.05, 0) is 31.9 Å². The van der Waals surface area contributed by atoms with Crippen LogP contribution >= 0.6 is 11.8 Å². The zero-order chi connectivity index (χ0) is 12.0. The van der Waals surface area contributed by atoms with Crippen LogP contribution in [0.3, 0.4) is 0 Å². The Kier molecular flexibility index (Phi) is 5.95. The van der Waals surface area contributed by atoms with E-state index in [1.54, 1.807) is 0 Å². The molecule has 1 unspecified atom stereocenters. The van der Waals surface area contributed by atoms with Crippen molar-refractivity contribution >= 4 is 11.8 Å². The molecule has 3 nitrogen and oxygen atoms in total. The maximum atomic E-state index is 5.60. The third kappa shape index (κ3) is 3.85. The van der Waals surface area contributed by atoms with E-state index in [1.807, 2.05) is 23.9 Å². The van der Waals surface area contributed by atoms with Gasteiger partial charge in [0.05, 0.1) is 13.1 Å². The Morgan fingerprint density at radius 2 is 2.12 bits per heavy atom. The number of rotatable bonds is 7. The molecule has 1 rings (SSSR count). The molecule has 1 aromatic rings. The summed E-state index contributed by atoms with van der Waals surface area (Å²) in [7, 11) is 2.15. The molecule has 0 spiro atoms. The summed E-state index contributed by atoms with van der Waals surface area (Å²) in [5.41, 5.74) is 5.52. The summed E-state index contributed by atoms with van der Waals surface area (Å²) < 4.78 is 5.60. The van der Waals surface area contributed by atoms with Gasteiger partial charge in [-0.2, -0.15) is 11.8 Å². The minimum Gasteiger partial charge on any atom is -0.463 e. The number of nitrogens with two attached hydrogens (primary N) is 1. The molecule has 1 aromatic heterocycles. The second-order valence-electron chi connectivity index (χ2n) is 4.00. The quantitative estimate of drug-likeness (QED) is 0.797. The Labute approximate surface area is 102 Å². The molecule has 0 aliphatic carbocycles. The van der Waals surface area contributed by atoms with Crippen LogP contribution < -0.4 is 5.73 Å². The standard InChI is InChI=1S/C12H22N2OS/c1-4-10(9-16-3)14(2)8-12-6-5-11(7-13)15-12/h5-6,10H,4,7-9,13H2,1-3H3. The molecule has 0 aromatic carbocycles. The van der Waals surface area contributed by atoms with Crippen molar-refractivity contribution in [3.05, 3.63) is 23.7 Å². The zero-order valence-electron chi connectivity index (χ0n) is 10.4. The number of nitrogens with zero attached hydrogens (tertiary/aromatic N) is 1. The molecule has 4 heteroatoms. The number of furan rings is 1. The summed E-state index contributed by atoms with van der Waals surface area (Å²) in [5.74, 6) is 3.03. The van der Waals surface area contributed by atoms with Gasteiger partial charge in [0.25, 0.3) is 0 Å². The van der Waals surface area contributed by atoms with Gasteiger partial charge in [0.2, 0.25) is 0 Å². The lowest BCUT2D eigenvalue weighted by Gasteiger charge is -2.25. The van der Waals surface area contributed by atoms with Crippen molar-refractivity contribution < 1.29 is 4.42 Å². The first-order chi connectivity index (χ1) is 7.71. The van der Waals surface area contributed by atoms with Gasteiger partial charge in [0.15, 0.2) is 0 Å². The molecule has 2 N–H and O–H groups in total. The first kappa shape index (κ1) is 13.6. The van der Waals surface area contributed by atoms with Crippen molar-refractivity contribution in [2.75, 3.05) is 19.1 Å². The van der Waals surface area contributed by atoms with Crippen LogP contribution in [0.5, 0.6) is 0 Å². The van der Waals surface area contributed by atoms with Crippen LogP contribution in [0, 0.1) is 0 Å². The first-order valence-corrected chi connectivity index (χ1v) is 7.07. The molecule has 1 atom stereocenters. The molecule has 16 heavy (non-hydrogen) atoms. The van der Waals surface area contributed by atoms with E-state index in [1.165, 1.54) is 6.42 Å². The largest absolute Gasteiger partial charge is 0.463 e. The topological polar surface area (TPSA) is 42.4 Å². The van der Waals surface area contributed by atoms with Gasteiger partial charge >= 0.3 is 0 Å². The molecule has 92 valence electrons. The molecule has 0 radical (unpaired) electrons. The van der Waals surface area contributed by atoms with Crippen LogP contribution in [-0.2, 0) is 13.1 Å². The maximum Gasteiger partial charge on any atom is 0.118 e. The second kappa shape index (κ2) is 6.99. The molecule has 0 aliphatic heterocycles. The smallest absolute Gasteiger partial charge is 0.118 e. The molecule has 0 saturated heterocycles. The van der Waals surface area contributed by atoms with Crippen LogP contribution in [0.15, 0.2) is 16.5 Å². The van der Waals surface area contributed by atoms with Crippen molar-refractivity contribution in [2.24, 2.45) is 5.73 Å². The summed E-state index contributed by atoms with van der Waals surface area (Å²) >= 11 is 1.89. The lowest BCUT2D eigenvalue weighted by molar-refractivity contribution is 0.226. The summed E-state index contributed by atoms with van der Waals surface area (Å²) in [5, 5.41) is 0. The highest BCUT2D eigenvalue weighted by molar-refractivity contribution is 7.98. The fourth-order valence-corrected chi connectivity index (χ4v) is 2.62. The van der Waals surface area contributed by atoms with Crippen molar-refractivity contribution in [1.29, 1.82) is 0 Å². The average molecular weight is 242 g/mol. The van der Waals surface area contributed by atoms with Crippen LogP contribution in [0.4, 0.5) is 0 Å². The van der Waals surface area contributed by atoms with E-state index >= 15 is 0 Å². The normalized spacial score (nSPS) is 13.3. The second-order valence-corrected chi connectivity index (χ2v) is 4.92. The van der Waals surface area contributed by atoms with Crippen molar-refractivity contribution in [3.8, 4) is 0 Å². The van der Waals surface area contributed by atoms with E-state index < -0.39 is 0 Å². The zero-order valence-corrected chi connectivity index (χ0v) is 11.2. The Hall–Kier alpha value is -0.450. The van der Waals surface area contributed by atoms with E-state index in [-0.39, 0.29) is 0 Å². The highest BCUT2D eigenvalue weighted by Gasteiger charge is 2.13. The monoisotopic (exact) mass is 242 g/mol. The van der Waals surface area contributed by atoms with Crippen LogP contribution in [0.1, 0.15) is 24.9 Å². The van der Waals surface area contributed by atoms with Gasteiger partial charge in [-0.15, -0.1) is 0 Å². The minimum absolute atomic E-state index is 0.478. The van der Waals surface area contributed by atoms with E-state index in [9.17, 15) is 0 Å². The number of thioether (sulfide) groups is 1. The Bertz CT molecular complexity index is 301. The number of hydrogen-bond donors (Lipinski definition) is 1. The Morgan fingerprint density at radius 1 is 1.44 bits per heavy atom. The van der Waals surface area contributed by atoms with Gasteiger partial charge in [0, 0.05) is 11.8 Å². The third-order valence-electron chi connectivity index (χ3n) is 2.78. The van der Waals surface area contributed by atoms with E-state index in [4.69, 9.17) is 10.2 Å². The van der Waals surface area contributed by atoms with E-state index in [0.717, 1.165) is 23.8 Å². The molecule has 0 saturated carbocycles. The maximum absolute atomic E-state index is 5.60. The molecular weight excluding hydrogens is 220 g/mol. The molecule has 0 fully saturated rings. The lowest BCUT2D eigenvalue weighted by Crippen LogP contribution is -2.32. The van der Waals surface area contributed by atoms with Gasteiger partial charge in [-0.1, -0.05) is 6.92 Å². The highest BCUT2D eigenvalue weighted by atomic mass is 32.2. The average Bonchev–Trinajstić information content (AvgIpc) is 2.73. The van der Waals surface area contributed by atoms with Crippen LogP contribution in [0.25, 0.3) is 0 Å². The molecule has 0 aliphatic rings. The van der Waals surface area contributed by atoms with Gasteiger partial charge in [-0.25, -0.2) is 0 Å². The van der Waals surface area contributed by atoms with Gasteiger partial charge < -0.3 is 10.2 Å². The first-order valence-electron chi connectivity index (χ1n) is 5.68. The summed E-state index contributed by atoms with van der Waals surface area (Å²) in [4.78, 5) is 2.34.